The lowest BCUT2D eigenvalue weighted by Crippen LogP contribution is -2.36. The Hall–Kier alpha value is -4.12. The average Bonchev–Trinajstić information content (AvgIpc) is 3.72. The Bertz CT molecular complexity index is 1310. The fourth-order valence-electron chi connectivity index (χ4n) is 5.20. The van der Waals surface area contributed by atoms with Crippen molar-refractivity contribution in [3.05, 3.63) is 41.0 Å². The minimum atomic E-state index is -1.01. The van der Waals surface area contributed by atoms with Gasteiger partial charge in [0, 0.05) is 24.3 Å². The molecule has 37 heavy (non-hydrogen) atoms. The van der Waals surface area contributed by atoms with E-state index in [0.29, 0.717) is 46.5 Å². The molecule has 1 N–H and O–H groups in total. The Labute approximate surface area is 212 Å². The highest BCUT2D eigenvalue weighted by molar-refractivity contribution is 6.46. The minimum Gasteiger partial charge on any atom is -0.507 e. The number of carbonyl (C=O) groups excluding carboxylic acids is 2. The van der Waals surface area contributed by atoms with Crippen molar-refractivity contribution < 1.29 is 47.9 Å². The van der Waals surface area contributed by atoms with Gasteiger partial charge >= 0.3 is 0 Å². The molecule has 11 heteroatoms. The summed E-state index contributed by atoms with van der Waals surface area (Å²) in [6.07, 6.45) is 1.37. The molecule has 2 atom stereocenters. The van der Waals surface area contributed by atoms with Crippen molar-refractivity contribution in [2.75, 3.05) is 41.0 Å². The molecule has 194 valence electrons. The van der Waals surface area contributed by atoms with Crippen LogP contribution >= 0.6 is 0 Å². The zero-order chi connectivity index (χ0) is 25.7. The molecule has 0 radical (unpaired) electrons. The van der Waals surface area contributed by atoms with Crippen molar-refractivity contribution in [2.24, 2.45) is 0 Å². The number of ketones is 1. The highest BCUT2D eigenvalue weighted by atomic mass is 16.7. The number of nitrogens with zero attached hydrogens (tertiary/aromatic N) is 1. The second kappa shape index (κ2) is 9.07. The van der Waals surface area contributed by atoms with E-state index in [4.69, 9.17) is 33.2 Å². The Morgan fingerprint density at radius 1 is 1.03 bits per heavy atom. The topological polar surface area (TPSA) is 122 Å². The van der Waals surface area contributed by atoms with Gasteiger partial charge in [0.1, 0.15) is 5.76 Å². The summed E-state index contributed by atoms with van der Waals surface area (Å²) < 4.78 is 39.0. The number of Topliss-reactive ketones (excluding diaryl/α,β-unsaturated/α-hetero) is 1. The Kier molecular flexibility index (Phi) is 5.71. The maximum atomic E-state index is 13.5. The number of benzene rings is 2. The molecule has 1 amide bonds. The van der Waals surface area contributed by atoms with Crippen LogP contribution in [0.2, 0.25) is 0 Å². The third-order valence-corrected chi connectivity index (χ3v) is 6.92. The molecular formula is C26H25NO10. The molecule has 2 aromatic carbocycles. The van der Waals surface area contributed by atoms with Crippen LogP contribution in [-0.2, 0) is 14.3 Å². The van der Waals surface area contributed by atoms with Crippen molar-refractivity contribution >= 4 is 17.4 Å². The Morgan fingerprint density at radius 2 is 1.81 bits per heavy atom. The lowest BCUT2D eigenvalue weighted by molar-refractivity contribution is -0.140. The molecular weight excluding hydrogens is 486 g/mol. The fraction of sp³-hybridized carbons (Fsp3) is 0.385. The third-order valence-electron chi connectivity index (χ3n) is 6.92. The Morgan fingerprint density at radius 3 is 2.57 bits per heavy atom. The largest absolute Gasteiger partial charge is 0.507 e. The van der Waals surface area contributed by atoms with Crippen molar-refractivity contribution in [1.82, 2.24) is 4.90 Å². The molecule has 0 spiro atoms. The van der Waals surface area contributed by atoms with Crippen molar-refractivity contribution in [2.45, 2.75) is 25.0 Å². The molecule has 2 fully saturated rings. The fourth-order valence-corrected chi connectivity index (χ4v) is 5.20. The molecule has 2 saturated heterocycles. The molecule has 2 aromatic rings. The van der Waals surface area contributed by atoms with Crippen LogP contribution in [0.4, 0.5) is 0 Å². The van der Waals surface area contributed by atoms with Gasteiger partial charge < -0.3 is 43.2 Å². The van der Waals surface area contributed by atoms with E-state index in [0.717, 1.165) is 12.8 Å². The number of likely N-dealkylation sites (tertiary alicyclic amines) is 1. The Balaban J connectivity index is 1.55. The summed E-state index contributed by atoms with van der Waals surface area (Å²) in [5.41, 5.74) is 0.611. The van der Waals surface area contributed by atoms with E-state index in [9.17, 15) is 14.7 Å². The molecule has 11 nitrogen and oxygen atoms in total. The number of ether oxygens (including phenoxy) is 7. The third kappa shape index (κ3) is 3.69. The number of hydrogen-bond donors (Lipinski definition) is 1. The van der Waals surface area contributed by atoms with Crippen LogP contribution < -0.4 is 28.4 Å². The molecule has 0 saturated carbocycles. The number of hydrogen-bond acceptors (Lipinski definition) is 10. The first kappa shape index (κ1) is 23.3. The maximum absolute atomic E-state index is 13.5. The number of carbonyl (C=O) groups is 2. The molecule has 0 aromatic heterocycles. The van der Waals surface area contributed by atoms with Crippen LogP contribution in [0.25, 0.3) is 5.76 Å². The summed E-state index contributed by atoms with van der Waals surface area (Å²) in [5.74, 6) is 0.292. The predicted octanol–water partition coefficient (Wildman–Crippen LogP) is 2.76. The summed E-state index contributed by atoms with van der Waals surface area (Å²) in [5, 5.41) is 11.5. The summed E-state index contributed by atoms with van der Waals surface area (Å²) in [6.45, 7) is 0.753. The highest BCUT2D eigenvalue weighted by Gasteiger charge is 2.49. The normalized spacial score (nSPS) is 23.1. The lowest BCUT2D eigenvalue weighted by atomic mass is 9.93. The molecule has 0 unspecified atom stereocenters. The van der Waals surface area contributed by atoms with Gasteiger partial charge in [-0.15, -0.1) is 0 Å². The van der Waals surface area contributed by atoms with Gasteiger partial charge in [-0.3, -0.25) is 9.59 Å². The highest BCUT2D eigenvalue weighted by Crippen LogP contribution is 2.54. The first-order chi connectivity index (χ1) is 18.0. The van der Waals surface area contributed by atoms with Crippen molar-refractivity contribution in [3.63, 3.8) is 0 Å². The lowest BCUT2D eigenvalue weighted by Gasteiger charge is -2.29. The van der Waals surface area contributed by atoms with Crippen LogP contribution in [0.15, 0.2) is 29.8 Å². The first-order valence-electron chi connectivity index (χ1n) is 11.9. The van der Waals surface area contributed by atoms with Crippen LogP contribution in [0.1, 0.15) is 30.0 Å². The molecule has 4 heterocycles. The van der Waals surface area contributed by atoms with Crippen LogP contribution in [0.5, 0.6) is 34.5 Å². The SMILES string of the molecule is COc1cc([C@H]2C(=C(O)c3ccc4c(c3)OCO4)C(=O)C(=O)N2C[C@@H]2CCCO2)c(OC)c2c1OCO2. The first-order valence-corrected chi connectivity index (χ1v) is 11.9. The quantitative estimate of drug-likeness (QED) is 0.352. The van der Waals surface area contributed by atoms with Gasteiger partial charge in [-0.25, -0.2) is 0 Å². The summed E-state index contributed by atoms with van der Waals surface area (Å²) in [6, 6.07) is 5.44. The number of fused-ring (bicyclic) bond motifs is 2. The predicted molar refractivity (Wildman–Crippen MR) is 126 cm³/mol. The zero-order valence-electron chi connectivity index (χ0n) is 20.3. The van der Waals surface area contributed by atoms with Gasteiger partial charge in [0.05, 0.1) is 31.9 Å². The van der Waals surface area contributed by atoms with E-state index in [2.05, 4.69) is 0 Å². The van der Waals surface area contributed by atoms with Crippen LogP contribution in [-0.4, -0.2) is 68.8 Å². The second-order valence-corrected chi connectivity index (χ2v) is 8.92. The minimum absolute atomic E-state index is 0.0429. The molecule has 4 aliphatic rings. The van der Waals surface area contributed by atoms with Gasteiger partial charge in [0.2, 0.25) is 25.1 Å². The van der Waals surface area contributed by atoms with E-state index >= 15 is 0 Å². The van der Waals surface area contributed by atoms with Gasteiger partial charge in [0.25, 0.3) is 11.7 Å². The standard InChI is InChI=1S/C26H25NO10/c1-31-18-9-15(23(32-2)25-24(18)36-12-37-25)20-19(21(28)13-5-6-16-17(8-13)35-11-34-16)22(29)26(30)27(20)10-14-4-3-7-33-14/h5-6,8-9,14,20,28H,3-4,7,10-12H2,1-2H3/t14-,20-/m0/s1. The molecule has 0 aliphatic carbocycles. The smallest absolute Gasteiger partial charge is 0.295 e. The number of aliphatic hydroxyl groups is 1. The van der Waals surface area contributed by atoms with E-state index in [1.807, 2.05) is 0 Å². The molecule has 0 bridgehead atoms. The van der Waals surface area contributed by atoms with E-state index < -0.39 is 17.7 Å². The number of aliphatic hydroxyl groups excluding tert-OH is 1. The van der Waals surface area contributed by atoms with Crippen LogP contribution in [0.3, 0.4) is 0 Å². The van der Waals surface area contributed by atoms with Crippen molar-refractivity contribution in [1.29, 1.82) is 0 Å². The van der Waals surface area contributed by atoms with Gasteiger partial charge in [-0.1, -0.05) is 0 Å². The summed E-state index contributed by atoms with van der Waals surface area (Å²) >= 11 is 0. The summed E-state index contributed by atoms with van der Waals surface area (Å²) in [4.78, 5) is 28.3. The number of amides is 1. The molecule has 4 aliphatic heterocycles. The van der Waals surface area contributed by atoms with E-state index in [-0.39, 0.29) is 43.3 Å². The molecule has 6 rings (SSSR count). The van der Waals surface area contributed by atoms with Gasteiger partial charge in [-0.05, 0) is 37.1 Å². The number of rotatable bonds is 6. The maximum Gasteiger partial charge on any atom is 0.295 e. The van der Waals surface area contributed by atoms with Gasteiger partial charge in [0.15, 0.2) is 23.0 Å². The number of methoxy groups -OCH3 is 2. The van der Waals surface area contributed by atoms with E-state index in [1.165, 1.54) is 19.1 Å². The average molecular weight is 511 g/mol. The zero-order valence-corrected chi connectivity index (χ0v) is 20.3. The van der Waals surface area contributed by atoms with Crippen LogP contribution in [0, 0.1) is 0 Å². The second-order valence-electron chi connectivity index (χ2n) is 8.92. The van der Waals surface area contributed by atoms with Crippen molar-refractivity contribution in [3.8, 4) is 34.5 Å². The summed E-state index contributed by atoms with van der Waals surface area (Å²) in [7, 11) is 2.93. The monoisotopic (exact) mass is 511 g/mol. The van der Waals surface area contributed by atoms with E-state index in [1.54, 1.807) is 24.3 Å². The van der Waals surface area contributed by atoms with Gasteiger partial charge in [-0.2, -0.15) is 0 Å².